The van der Waals surface area contributed by atoms with Gasteiger partial charge in [-0.1, -0.05) is 36.4 Å². The highest BCUT2D eigenvalue weighted by atomic mass is 16.5. The Morgan fingerprint density at radius 1 is 1.12 bits per heavy atom. The summed E-state index contributed by atoms with van der Waals surface area (Å²) in [4.78, 5) is 2.20. The summed E-state index contributed by atoms with van der Waals surface area (Å²) < 4.78 is 6.09. The zero-order valence-corrected chi connectivity index (χ0v) is 15.2. The van der Waals surface area contributed by atoms with Crippen LogP contribution in [0.2, 0.25) is 0 Å². The molecule has 0 aliphatic carbocycles. The van der Waals surface area contributed by atoms with Gasteiger partial charge in [-0.05, 0) is 67.8 Å². The molecule has 0 saturated carbocycles. The highest BCUT2D eigenvalue weighted by molar-refractivity contribution is 5.85. The number of hydrogen-bond donors (Lipinski definition) is 1. The van der Waals surface area contributed by atoms with E-state index >= 15 is 0 Å². The van der Waals surface area contributed by atoms with Crippen molar-refractivity contribution in [3.63, 3.8) is 0 Å². The van der Waals surface area contributed by atoms with E-state index in [0.29, 0.717) is 6.61 Å². The van der Waals surface area contributed by atoms with Crippen LogP contribution >= 0.6 is 0 Å². The molecular weight excluding hydrogens is 310 g/mol. The summed E-state index contributed by atoms with van der Waals surface area (Å²) in [5, 5.41) is 9.12. The van der Waals surface area contributed by atoms with Gasteiger partial charge in [0.15, 0.2) is 0 Å². The Bertz CT molecular complexity index is 749. The summed E-state index contributed by atoms with van der Waals surface area (Å²) in [6.45, 7) is 1.85. The fourth-order valence-corrected chi connectivity index (χ4v) is 3.25. The van der Waals surface area contributed by atoms with Gasteiger partial charge in [0.1, 0.15) is 12.4 Å². The summed E-state index contributed by atoms with van der Waals surface area (Å²) in [5.41, 5.74) is 6.16. The van der Waals surface area contributed by atoms with E-state index in [1.165, 1.54) is 27.8 Å². The Kier molecular flexibility index (Phi) is 5.90. The van der Waals surface area contributed by atoms with Crippen LogP contribution in [0.1, 0.15) is 35.1 Å². The summed E-state index contributed by atoms with van der Waals surface area (Å²) in [5.74, 6) is 0.944. The maximum absolute atomic E-state index is 9.12. The van der Waals surface area contributed by atoms with Gasteiger partial charge in [0.25, 0.3) is 0 Å². The number of fused-ring (bicyclic) bond motifs is 2. The number of aliphatic hydroxyl groups is 1. The van der Waals surface area contributed by atoms with E-state index in [9.17, 15) is 0 Å². The second-order valence-electron chi connectivity index (χ2n) is 6.81. The highest BCUT2D eigenvalue weighted by Gasteiger charge is 2.19. The molecule has 3 nitrogen and oxygen atoms in total. The first-order valence-electron chi connectivity index (χ1n) is 8.99. The van der Waals surface area contributed by atoms with Crippen molar-refractivity contribution in [3.05, 3.63) is 70.8 Å². The van der Waals surface area contributed by atoms with Crippen molar-refractivity contribution in [2.75, 3.05) is 27.2 Å². The number of aryl methyl sites for hydroxylation is 1. The van der Waals surface area contributed by atoms with Crippen LogP contribution in [-0.2, 0) is 13.0 Å². The number of nitrogens with zero attached hydrogens (tertiary/aromatic N) is 1. The van der Waals surface area contributed by atoms with Crippen molar-refractivity contribution < 1.29 is 9.84 Å². The van der Waals surface area contributed by atoms with Crippen LogP contribution in [0.25, 0.3) is 5.57 Å². The van der Waals surface area contributed by atoms with Crippen molar-refractivity contribution in [1.82, 2.24) is 4.90 Å². The maximum Gasteiger partial charge on any atom is 0.127 e. The van der Waals surface area contributed by atoms with Crippen molar-refractivity contribution in [2.45, 2.75) is 25.9 Å². The summed E-state index contributed by atoms with van der Waals surface area (Å²) in [7, 11) is 4.20. The van der Waals surface area contributed by atoms with Gasteiger partial charge < -0.3 is 14.7 Å². The average molecular weight is 337 g/mol. The fraction of sp³-hybridized carbons (Fsp3) is 0.364. The van der Waals surface area contributed by atoms with E-state index in [-0.39, 0.29) is 6.61 Å². The lowest BCUT2D eigenvalue weighted by Gasteiger charge is -2.13. The van der Waals surface area contributed by atoms with Gasteiger partial charge in [-0.3, -0.25) is 0 Å². The Morgan fingerprint density at radius 2 is 1.96 bits per heavy atom. The third-order valence-corrected chi connectivity index (χ3v) is 4.57. The van der Waals surface area contributed by atoms with E-state index in [4.69, 9.17) is 9.84 Å². The standard InChI is InChI=1S/C22H27NO2/c1-23(2)13-5-10-20-19-9-4-3-8-18(19)16-25-22-12-11-17(7-6-14-24)15-21(20)22/h3-4,8-12,15,24H,5-7,13-14,16H2,1-2H3/b20-10-. The van der Waals surface area contributed by atoms with Crippen LogP contribution in [0.4, 0.5) is 0 Å². The summed E-state index contributed by atoms with van der Waals surface area (Å²) >= 11 is 0. The molecule has 0 aromatic heterocycles. The quantitative estimate of drug-likeness (QED) is 0.868. The van der Waals surface area contributed by atoms with Crippen LogP contribution in [0, 0.1) is 0 Å². The van der Waals surface area contributed by atoms with Gasteiger partial charge in [-0.25, -0.2) is 0 Å². The molecule has 2 aromatic carbocycles. The average Bonchev–Trinajstić information content (AvgIpc) is 2.77. The molecule has 1 aliphatic rings. The Morgan fingerprint density at radius 3 is 2.76 bits per heavy atom. The number of rotatable bonds is 6. The van der Waals surface area contributed by atoms with Crippen LogP contribution in [0.5, 0.6) is 5.75 Å². The first-order valence-corrected chi connectivity index (χ1v) is 8.99. The molecule has 0 amide bonds. The predicted octanol–water partition coefficient (Wildman–Crippen LogP) is 3.89. The monoisotopic (exact) mass is 337 g/mol. The van der Waals surface area contributed by atoms with E-state index in [0.717, 1.165) is 31.6 Å². The molecule has 0 unspecified atom stereocenters. The molecule has 0 fully saturated rings. The van der Waals surface area contributed by atoms with Crippen LogP contribution in [0.15, 0.2) is 48.5 Å². The SMILES string of the molecule is CN(C)CC/C=C1/c2ccccc2COc2ccc(CCCO)cc21. The van der Waals surface area contributed by atoms with Gasteiger partial charge in [-0.2, -0.15) is 0 Å². The lowest BCUT2D eigenvalue weighted by molar-refractivity contribution is 0.288. The number of aliphatic hydroxyl groups excluding tert-OH is 1. The first kappa shape index (κ1) is 17.7. The minimum atomic E-state index is 0.224. The lowest BCUT2D eigenvalue weighted by atomic mass is 9.92. The maximum atomic E-state index is 9.12. The van der Waals surface area contributed by atoms with E-state index in [2.05, 4.69) is 67.5 Å². The van der Waals surface area contributed by atoms with Gasteiger partial charge in [0.05, 0.1) is 0 Å². The first-order chi connectivity index (χ1) is 12.2. The molecule has 3 rings (SSSR count). The van der Waals surface area contributed by atoms with Crippen LogP contribution < -0.4 is 4.74 Å². The van der Waals surface area contributed by atoms with E-state index < -0.39 is 0 Å². The molecule has 2 aromatic rings. The smallest absolute Gasteiger partial charge is 0.127 e. The van der Waals surface area contributed by atoms with Gasteiger partial charge in [0.2, 0.25) is 0 Å². The molecule has 0 bridgehead atoms. The van der Waals surface area contributed by atoms with Crippen LogP contribution in [0.3, 0.4) is 0 Å². The largest absolute Gasteiger partial charge is 0.488 e. The molecule has 25 heavy (non-hydrogen) atoms. The molecule has 1 aliphatic heterocycles. The minimum absolute atomic E-state index is 0.224. The molecule has 0 saturated heterocycles. The van der Waals surface area contributed by atoms with Crippen LogP contribution in [-0.4, -0.2) is 37.3 Å². The summed E-state index contributed by atoms with van der Waals surface area (Å²) in [6.07, 6.45) is 5.01. The molecule has 1 heterocycles. The molecule has 0 radical (unpaired) electrons. The van der Waals surface area contributed by atoms with Gasteiger partial charge in [-0.15, -0.1) is 0 Å². The molecule has 0 spiro atoms. The lowest BCUT2D eigenvalue weighted by Crippen LogP contribution is -2.12. The second kappa shape index (κ2) is 8.32. The van der Waals surface area contributed by atoms with E-state index in [1.54, 1.807) is 0 Å². The topological polar surface area (TPSA) is 32.7 Å². The Balaban J connectivity index is 2.03. The number of ether oxygens (including phenoxy) is 1. The molecular formula is C22H27NO2. The molecule has 1 N–H and O–H groups in total. The van der Waals surface area contributed by atoms with Crippen molar-refractivity contribution >= 4 is 5.57 Å². The number of benzene rings is 2. The van der Waals surface area contributed by atoms with Gasteiger partial charge >= 0.3 is 0 Å². The highest BCUT2D eigenvalue weighted by Crippen LogP contribution is 2.37. The fourth-order valence-electron chi connectivity index (χ4n) is 3.25. The van der Waals surface area contributed by atoms with Crippen molar-refractivity contribution in [3.8, 4) is 5.75 Å². The van der Waals surface area contributed by atoms with E-state index in [1.807, 2.05) is 0 Å². The Labute approximate surface area is 150 Å². The molecule has 3 heteroatoms. The van der Waals surface area contributed by atoms with Crippen molar-refractivity contribution in [2.24, 2.45) is 0 Å². The predicted molar refractivity (Wildman–Crippen MR) is 103 cm³/mol. The number of hydrogen-bond acceptors (Lipinski definition) is 3. The zero-order valence-electron chi connectivity index (χ0n) is 15.2. The van der Waals surface area contributed by atoms with Gasteiger partial charge in [0, 0.05) is 18.7 Å². The minimum Gasteiger partial charge on any atom is -0.488 e. The third kappa shape index (κ3) is 4.30. The second-order valence-corrected chi connectivity index (χ2v) is 6.81. The zero-order chi connectivity index (χ0) is 17.6. The third-order valence-electron chi connectivity index (χ3n) is 4.57. The Hall–Kier alpha value is -2.10. The summed E-state index contributed by atoms with van der Waals surface area (Å²) in [6, 6.07) is 14.9. The molecule has 0 atom stereocenters. The molecule has 132 valence electrons. The van der Waals surface area contributed by atoms with Crippen molar-refractivity contribution in [1.29, 1.82) is 0 Å². The normalized spacial score (nSPS) is 14.8.